The van der Waals surface area contributed by atoms with Crippen LogP contribution in [0.2, 0.25) is 0 Å². The van der Waals surface area contributed by atoms with Gasteiger partial charge < -0.3 is 9.64 Å². The monoisotopic (exact) mass is 414 g/mol. The van der Waals surface area contributed by atoms with Crippen LogP contribution in [0.25, 0.3) is 16.9 Å². The highest BCUT2D eigenvalue weighted by atomic mass is 16.5. The molecule has 1 fully saturated rings. The van der Waals surface area contributed by atoms with Crippen LogP contribution in [-0.4, -0.2) is 57.5 Å². The van der Waals surface area contributed by atoms with E-state index in [9.17, 15) is 0 Å². The van der Waals surface area contributed by atoms with Gasteiger partial charge >= 0.3 is 0 Å². The molecule has 1 saturated heterocycles. The van der Waals surface area contributed by atoms with Gasteiger partial charge in [-0.3, -0.25) is 14.3 Å². The molecule has 1 aliphatic heterocycles. The van der Waals surface area contributed by atoms with Crippen molar-refractivity contribution in [2.75, 3.05) is 38.2 Å². The SMILES string of the molecule is COc1cccc(-c2cnc3c(N4CCN(Cc5cccc(C)n5)CC4)nccn23)c1. The number of methoxy groups -OCH3 is 1. The zero-order valence-electron chi connectivity index (χ0n) is 17.9. The number of hydrogen-bond donors (Lipinski definition) is 0. The standard InChI is InChI=1S/C24H26N6O/c1-18-5-3-7-20(27-18)17-28-11-13-29(14-12-28)23-24-26-16-22(30(24)10-9-25-23)19-6-4-8-21(15-19)31-2/h3-10,15-16H,11-14,17H2,1-2H3. The number of nitrogens with zero attached hydrogens (tertiary/aromatic N) is 6. The Bertz CT molecular complexity index is 1200. The van der Waals surface area contributed by atoms with Gasteiger partial charge in [0.05, 0.1) is 24.7 Å². The van der Waals surface area contributed by atoms with Gasteiger partial charge in [-0.1, -0.05) is 18.2 Å². The number of pyridine rings is 1. The Labute approximate surface area is 182 Å². The van der Waals surface area contributed by atoms with Crippen molar-refractivity contribution in [1.29, 1.82) is 0 Å². The van der Waals surface area contributed by atoms with Gasteiger partial charge in [-0.05, 0) is 31.2 Å². The van der Waals surface area contributed by atoms with Crippen molar-refractivity contribution in [3.63, 3.8) is 0 Å². The van der Waals surface area contributed by atoms with E-state index >= 15 is 0 Å². The first-order valence-electron chi connectivity index (χ1n) is 10.6. The molecule has 5 rings (SSSR count). The molecule has 0 aliphatic carbocycles. The maximum absolute atomic E-state index is 5.38. The van der Waals surface area contributed by atoms with Gasteiger partial charge in [0.1, 0.15) is 5.75 Å². The molecule has 7 nitrogen and oxygen atoms in total. The van der Waals surface area contributed by atoms with E-state index < -0.39 is 0 Å². The number of imidazole rings is 1. The third-order valence-corrected chi connectivity index (χ3v) is 5.78. The highest BCUT2D eigenvalue weighted by Crippen LogP contribution is 2.28. The molecule has 0 radical (unpaired) electrons. The Kier molecular flexibility index (Phi) is 5.26. The number of piperazine rings is 1. The predicted molar refractivity (Wildman–Crippen MR) is 121 cm³/mol. The van der Waals surface area contributed by atoms with Crippen molar-refractivity contribution in [2.24, 2.45) is 0 Å². The first-order valence-corrected chi connectivity index (χ1v) is 10.6. The molecule has 0 amide bonds. The van der Waals surface area contributed by atoms with Gasteiger partial charge in [0.25, 0.3) is 0 Å². The summed E-state index contributed by atoms with van der Waals surface area (Å²) < 4.78 is 7.49. The van der Waals surface area contributed by atoms with Crippen molar-refractivity contribution < 1.29 is 4.74 Å². The summed E-state index contributed by atoms with van der Waals surface area (Å²) in [6, 6.07) is 14.3. The van der Waals surface area contributed by atoms with E-state index in [1.54, 1.807) is 7.11 Å². The van der Waals surface area contributed by atoms with E-state index in [1.807, 2.05) is 49.8 Å². The van der Waals surface area contributed by atoms with E-state index in [0.29, 0.717) is 0 Å². The maximum Gasteiger partial charge on any atom is 0.180 e. The van der Waals surface area contributed by atoms with Gasteiger partial charge in [-0.15, -0.1) is 0 Å². The van der Waals surface area contributed by atoms with Gasteiger partial charge in [0.15, 0.2) is 11.5 Å². The second kappa shape index (κ2) is 8.35. The van der Waals surface area contributed by atoms with Crippen molar-refractivity contribution in [1.82, 2.24) is 24.3 Å². The predicted octanol–water partition coefficient (Wildman–Crippen LogP) is 3.43. The quantitative estimate of drug-likeness (QED) is 0.499. The normalized spacial score (nSPS) is 14.8. The van der Waals surface area contributed by atoms with Crippen molar-refractivity contribution in [3.8, 4) is 17.0 Å². The number of ether oxygens (including phenoxy) is 1. The Morgan fingerprint density at radius 3 is 2.65 bits per heavy atom. The summed E-state index contributed by atoms with van der Waals surface area (Å²) in [7, 11) is 1.68. The number of anilines is 1. The van der Waals surface area contributed by atoms with E-state index in [2.05, 4.69) is 42.4 Å². The summed E-state index contributed by atoms with van der Waals surface area (Å²) in [5, 5.41) is 0. The minimum atomic E-state index is 0.834. The molecule has 3 aromatic heterocycles. The van der Waals surface area contributed by atoms with E-state index in [1.165, 1.54) is 0 Å². The van der Waals surface area contributed by atoms with Crippen LogP contribution < -0.4 is 9.64 Å². The molecule has 31 heavy (non-hydrogen) atoms. The fraction of sp³-hybridized carbons (Fsp3) is 0.292. The van der Waals surface area contributed by atoms with E-state index in [0.717, 1.165) is 72.6 Å². The molecule has 158 valence electrons. The fourth-order valence-electron chi connectivity index (χ4n) is 4.16. The lowest BCUT2D eigenvalue weighted by atomic mass is 10.1. The van der Waals surface area contributed by atoms with Crippen LogP contribution in [0.5, 0.6) is 5.75 Å². The second-order valence-corrected chi connectivity index (χ2v) is 7.85. The molecule has 0 bridgehead atoms. The topological polar surface area (TPSA) is 58.8 Å². The first kappa shape index (κ1) is 19.5. The van der Waals surface area contributed by atoms with Crippen LogP contribution in [0.15, 0.2) is 61.1 Å². The highest BCUT2D eigenvalue weighted by molar-refractivity contribution is 5.72. The molecule has 1 aliphatic rings. The Morgan fingerprint density at radius 1 is 1.00 bits per heavy atom. The summed E-state index contributed by atoms with van der Waals surface area (Å²) in [5.41, 5.74) is 5.18. The molecule has 0 atom stereocenters. The average molecular weight is 415 g/mol. The zero-order chi connectivity index (χ0) is 21.2. The smallest absolute Gasteiger partial charge is 0.180 e. The van der Waals surface area contributed by atoms with Gasteiger partial charge in [-0.25, -0.2) is 9.97 Å². The van der Waals surface area contributed by atoms with E-state index in [-0.39, 0.29) is 0 Å². The van der Waals surface area contributed by atoms with Crippen molar-refractivity contribution in [3.05, 3.63) is 72.4 Å². The maximum atomic E-state index is 5.38. The first-order chi connectivity index (χ1) is 15.2. The largest absolute Gasteiger partial charge is 0.497 e. The lowest BCUT2D eigenvalue weighted by Crippen LogP contribution is -2.46. The lowest BCUT2D eigenvalue weighted by Gasteiger charge is -2.35. The molecule has 7 heteroatoms. The molecule has 1 aromatic carbocycles. The summed E-state index contributed by atoms with van der Waals surface area (Å²) >= 11 is 0. The van der Waals surface area contributed by atoms with E-state index in [4.69, 9.17) is 9.72 Å². The van der Waals surface area contributed by atoms with Gasteiger partial charge in [0, 0.05) is 56.4 Å². The molecule has 0 N–H and O–H groups in total. The molecule has 0 unspecified atom stereocenters. The molecular weight excluding hydrogens is 388 g/mol. The Balaban J connectivity index is 1.35. The lowest BCUT2D eigenvalue weighted by molar-refractivity contribution is 0.246. The van der Waals surface area contributed by atoms with Crippen molar-refractivity contribution >= 4 is 11.5 Å². The second-order valence-electron chi connectivity index (χ2n) is 7.85. The Hall–Kier alpha value is -3.45. The minimum Gasteiger partial charge on any atom is -0.497 e. The number of aromatic nitrogens is 4. The number of benzene rings is 1. The average Bonchev–Trinajstić information content (AvgIpc) is 3.24. The number of fused-ring (bicyclic) bond motifs is 1. The third kappa shape index (κ3) is 3.96. The molecule has 0 saturated carbocycles. The summed E-state index contributed by atoms with van der Waals surface area (Å²) in [4.78, 5) is 18.8. The molecular formula is C24H26N6O. The van der Waals surface area contributed by atoms with Gasteiger partial charge in [-0.2, -0.15) is 0 Å². The third-order valence-electron chi connectivity index (χ3n) is 5.78. The number of hydrogen-bond acceptors (Lipinski definition) is 6. The number of rotatable bonds is 5. The van der Waals surface area contributed by atoms with Crippen LogP contribution in [0.3, 0.4) is 0 Å². The van der Waals surface area contributed by atoms with Crippen LogP contribution in [0.1, 0.15) is 11.4 Å². The minimum absolute atomic E-state index is 0.834. The van der Waals surface area contributed by atoms with Gasteiger partial charge in [0.2, 0.25) is 0 Å². The fourth-order valence-corrected chi connectivity index (χ4v) is 4.16. The van der Waals surface area contributed by atoms with Crippen LogP contribution >= 0.6 is 0 Å². The zero-order valence-corrected chi connectivity index (χ0v) is 17.9. The van der Waals surface area contributed by atoms with Crippen LogP contribution in [0, 0.1) is 6.92 Å². The highest BCUT2D eigenvalue weighted by Gasteiger charge is 2.22. The van der Waals surface area contributed by atoms with Crippen LogP contribution in [-0.2, 0) is 6.54 Å². The molecule has 0 spiro atoms. The van der Waals surface area contributed by atoms with Crippen molar-refractivity contribution in [2.45, 2.75) is 13.5 Å². The number of aryl methyl sites for hydroxylation is 1. The molecule has 4 aromatic rings. The Morgan fingerprint density at radius 2 is 1.84 bits per heavy atom. The summed E-state index contributed by atoms with van der Waals surface area (Å²) in [6.45, 7) is 6.71. The summed E-state index contributed by atoms with van der Waals surface area (Å²) in [6.07, 6.45) is 5.74. The molecule has 4 heterocycles. The van der Waals surface area contributed by atoms with Crippen LogP contribution in [0.4, 0.5) is 5.82 Å². The summed E-state index contributed by atoms with van der Waals surface area (Å²) in [5.74, 6) is 1.77.